The molecule has 1 heterocycles. The lowest BCUT2D eigenvalue weighted by Gasteiger charge is -2.13. The monoisotopic (exact) mass is 268 g/mol. The number of H-pyrrole nitrogens is 1. The van der Waals surface area contributed by atoms with Gasteiger partial charge in [-0.3, -0.25) is 9.59 Å². The number of Topliss-reactive ketones (excluding diaryl/α,β-unsaturated/α-hetero) is 1. The number of aryl methyl sites for hydroxylation is 1. The third-order valence-corrected chi connectivity index (χ3v) is 3.77. The number of fused-ring (bicyclic) bond motifs is 1. The van der Waals surface area contributed by atoms with Crippen LogP contribution in [0.25, 0.3) is 0 Å². The summed E-state index contributed by atoms with van der Waals surface area (Å²) in [5, 5.41) is 3.02. The van der Waals surface area contributed by atoms with Crippen LogP contribution < -0.4 is 5.32 Å². The van der Waals surface area contributed by atoms with Gasteiger partial charge in [0.05, 0.1) is 6.04 Å². The highest BCUT2D eigenvalue weighted by Gasteiger charge is 2.24. The Morgan fingerprint density at radius 1 is 1.30 bits per heavy atom. The third kappa shape index (κ3) is 2.25. The van der Waals surface area contributed by atoms with Crippen LogP contribution in [-0.4, -0.2) is 16.7 Å². The van der Waals surface area contributed by atoms with E-state index in [4.69, 9.17) is 0 Å². The fourth-order valence-electron chi connectivity index (χ4n) is 2.67. The Balaban J connectivity index is 1.75. The highest BCUT2D eigenvalue weighted by atomic mass is 16.2. The van der Waals surface area contributed by atoms with Crippen molar-refractivity contribution in [1.29, 1.82) is 0 Å². The molecule has 102 valence electrons. The minimum atomic E-state index is -0.167. The van der Waals surface area contributed by atoms with Gasteiger partial charge in [0, 0.05) is 11.8 Å². The zero-order chi connectivity index (χ0) is 14.1. The third-order valence-electron chi connectivity index (χ3n) is 3.77. The second kappa shape index (κ2) is 4.96. The average Bonchev–Trinajstić information content (AvgIpc) is 3.06. The van der Waals surface area contributed by atoms with E-state index in [2.05, 4.69) is 22.4 Å². The van der Waals surface area contributed by atoms with Crippen LogP contribution in [0.3, 0.4) is 0 Å². The molecule has 0 aliphatic heterocycles. The van der Waals surface area contributed by atoms with Gasteiger partial charge in [0.2, 0.25) is 0 Å². The number of carbonyl (C=O) groups is 2. The van der Waals surface area contributed by atoms with Gasteiger partial charge in [-0.05, 0) is 37.0 Å². The Morgan fingerprint density at radius 3 is 2.85 bits per heavy atom. The summed E-state index contributed by atoms with van der Waals surface area (Å²) in [5.41, 5.74) is 3.45. The SMILES string of the molecule is CC(=O)c1c[nH]c(C(=O)NC2CCc3ccccc32)c1. The standard InChI is InChI=1S/C16H16N2O2/c1-10(19)12-8-15(17-9-12)16(20)18-14-7-6-11-4-2-3-5-13(11)14/h2-5,8-9,14,17H,6-7H2,1H3,(H,18,20). The molecule has 0 spiro atoms. The Labute approximate surface area is 117 Å². The quantitative estimate of drug-likeness (QED) is 0.841. The molecule has 1 aromatic carbocycles. The predicted molar refractivity (Wildman–Crippen MR) is 75.8 cm³/mol. The minimum absolute atomic E-state index is 0.0495. The zero-order valence-corrected chi connectivity index (χ0v) is 11.3. The largest absolute Gasteiger partial charge is 0.356 e. The Bertz CT molecular complexity index is 673. The van der Waals surface area contributed by atoms with Crippen molar-refractivity contribution in [2.45, 2.75) is 25.8 Å². The molecule has 1 unspecified atom stereocenters. The number of benzene rings is 1. The molecule has 0 saturated carbocycles. The smallest absolute Gasteiger partial charge is 0.268 e. The molecule has 2 N–H and O–H groups in total. The van der Waals surface area contributed by atoms with Crippen molar-refractivity contribution in [2.75, 3.05) is 0 Å². The van der Waals surface area contributed by atoms with Crippen LogP contribution in [0.5, 0.6) is 0 Å². The van der Waals surface area contributed by atoms with Gasteiger partial charge in [-0.15, -0.1) is 0 Å². The molecular weight excluding hydrogens is 252 g/mol. The Hall–Kier alpha value is -2.36. The number of rotatable bonds is 3. The van der Waals surface area contributed by atoms with Crippen molar-refractivity contribution in [3.8, 4) is 0 Å². The average molecular weight is 268 g/mol. The summed E-state index contributed by atoms with van der Waals surface area (Å²) < 4.78 is 0. The molecule has 4 heteroatoms. The predicted octanol–water partition coefficient (Wildman–Crippen LogP) is 2.63. The number of aromatic amines is 1. The molecule has 3 rings (SSSR count). The van der Waals surface area contributed by atoms with Gasteiger partial charge < -0.3 is 10.3 Å². The molecule has 1 atom stereocenters. The highest BCUT2D eigenvalue weighted by Crippen LogP contribution is 2.30. The molecule has 0 fully saturated rings. The molecule has 1 amide bonds. The maximum Gasteiger partial charge on any atom is 0.268 e. The summed E-state index contributed by atoms with van der Waals surface area (Å²) in [7, 11) is 0. The van der Waals surface area contributed by atoms with Crippen LogP contribution in [0.15, 0.2) is 36.5 Å². The van der Waals surface area contributed by atoms with Gasteiger partial charge in [0.15, 0.2) is 5.78 Å². The van der Waals surface area contributed by atoms with Crippen LogP contribution >= 0.6 is 0 Å². The summed E-state index contributed by atoms with van der Waals surface area (Å²) in [4.78, 5) is 26.3. The zero-order valence-electron chi connectivity index (χ0n) is 11.3. The van der Waals surface area contributed by atoms with Gasteiger partial charge in [-0.25, -0.2) is 0 Å². The van der Waals surface area contributed by atoms with Gasteiger partial charge in [-0.1, -0.05) is 24.3 Å². The van der Waals surface area contributed by atoms with E-state index in [1.165, 1.54) is 18.1 Å². The van der Waals surface area contributed by atoms with Crippen molar-refractivity contribution < 1.29 is 9.59 Å². The first kappa shape index (κ1) is 12.7. The van der Waals surface area contributed by atoms with Gasteiger partial charge in [0.25, 0.3) is 5.91 Å². The molecule has 2 aromatic rings. The van der Waals surface area contributed by atoms with Crippen LogP contribution in [0.1, 0.15) is 51.4 Å². The highest BCUT2D eigenvalue weighted by molar-refractivity contribution is 5.99. The van der Waals surface area contributed by atoms with Crippen LogP contribution in [0.2, 0.25) is 0 Å². The summed E-state index contributed by atoms with van der Waals surface area (Å²) in [6.07, 6.45) is 3.48. The molecule has 20 heavy (non-hydrogen) atoms. The first-order valence-electron chi connectivity index (χ1n) is 6.73. The van der Waals surface area contributed by atoms with E-state index in [9.17, 15) is 9.59 Å². The fraction of sp³-hybridized carbons (Fsp3) is 0.250. The van der Waals surface area contributed by atoms with E-state index < -0.39 is 0 Å². The van der Waals surface area contributed by atoms with Crippen molar-refractivity contribution in [1.82, 2.24) is 10.3 Å². The van der Waals surface area contributed by atoms with Crippen molar-refractivity contribution in [3.63, 3.8) is 0 Å². The normalized spacial score (nSPS) is 16.8. The van der Waals surface area contributed by atoms with Gasteiger partial charge in [0.1, 0.15) is 5.69 Å². The van der Waals surface area contributed by atoms with E-state index in [1.807, 2.05) is 12.1 Å². The Morgan fingerprint density at radius 2 is 2.10 bits per heavy atom. The lowest BCUT2D eigenvalue weighted by Crippen LogP contribution is -2.27. The lowest BCUT2D eigenvalue weighted by atomic mass is 10.1. The Kier molecular flexibility index (Phi) is 3.14. The molecule has 1 aliphatic rings. The van der Waals surface area contributed by atoms with Crippen molar-refractivity contribution in [2.24, 2.45) is 0 Å². The maximum absolute atomic E-state index is 12.2. The van der Waals surface area contributed by atoms with E-state index in [0.717, 1.165) is 12.8 Å². The summed E-state index contributed by atoms with van der Waals surface area (Å²) >= 11 is 0. The summed E-state index contributed by atoms with van der Waals surface area (Å²) in [5.74, 6) is -0.217. The van der Waals surface area contributed by atoms with Crippen molar-refractivity contribution >= 4 is 11.7 Å². The van der Waals surface area contributed by atoms with Crippen LogP contribution in [-0.2, 0) is 6.42 Å². The van der Waals surface area contributed by atoms with Crippen molar-refractivity contribution in [3.05, 3.63) is 58.9 Å². The van der Waals surface area contributed by atoms with Crippen LogP contribution in [0.4, 0.5) is 0 Å². The van der Waals surface area contributed by atoms with E-state index >= 15 is 0 Å². The maximum atomic E-state index is 12.2. The topological polar surface area (TPSA) is 62.0 Å². The molecule has 0 bridgehead atoms. The first-order chi connectivity index (χ1) is 9.65. The van der Waals surface area contributed by atoms with Crippen LogP contribution in [0, 0.1) is 0 Å². The fourth-order valence-corrected chi connectivity index (χ4v) is 2.67. The first-order valence-corrected chi connectivity index (χ1v) is 6.73. The molecule has 4 nitrogen and oxygen atoms in total. The minimum Gasteiger partial charge on any atom is -0.356 e. The van der Waals surface area contributed by atoms with E-state index in [-0.39, 0.29) is 17.7 Å². The molecule has 1 aliphatic carbocycles. The second-order valence-corrected chi connectivity index (χ2v) is 5.12. The van der Waals surface area contributed by atoms with E-state index in [0.29, 0.717) is 11.3 Å². The lowest BCUT2D eigenvalue weighted by molar-refractivity contribution is 0.0932. The number of hydrogen-bond donors (Lipinski definition) is 2. The molecular formula is C16H16N2O2. The number of carbonyl (C=O) groups excluding carboxylic acids is 2. The number of nitrogens with one attached hydrogen (secondary N) is 2. The number of ketones is 1. The molecule has 1 aromatic heterocycles. The molecule has 0 saturated heterocycles. The van der Waals surface area contributed by atoms with E-state index in [1.54, 1.807) is 12.3 Å². The summed E-state index contributed by atoms with van der Waals surface area (Å²) in [6, 6.07) is 9.83. The van der Waals surface area contributed by atoms with Gasteiger partial charge >= 0.3 is 0 Å². The number of hydrogen-bond acceptors (Lipinski definition) is 2. The second-order valence-electron chi connectivity index (χ2n) is 5.12. The number of amides is 1. The molecule has 0 radical (unpaired) electrons. The van der Waals surface area contributed by atoms with Gasteiger partial charge in [-0.2, -0.15) is 0 Å². The summed E-state index contributed by atoms with van der Waals surface area (Å²) in [6.45, 7) is 1.48. The number of aromatic nitrogens is 1.